The number of aryl methyl sites for hydroxylation is 1. The Morgan fingerprint density at radius 2 is 1.89 bits per heavy atom. The van der Waals surface area contributed by atoms with Crippen LogP contribution in [-0.2, 0) is 0 Å². The van der Waals surface area contributed by atoms with Gasteiger partial charge in [-0.1, -0.05) is 17.7 Å². The van der Waals surface area contributed by atoms with Gasteiger partial charge in [0.25, 0.3) is 0 Å². The van der Waals surface area contributed by atoms with E-state index < -0.39 is 0 Å². The third kappa shape index (κ3) is 2.12. The van der Waals surface area contributed by atoms with Crippen molar-refractivity contribution in [3.05, 3.63) is 28.8 Å². The molecule has 2 unspecified atom stereocenters. The standard InChI is InChI=1S/C15H21ClN2/c1-10-5-6-14(9-15(10)16)18-12-3-2-4-13(18)8-11(17)7-12/h5-6,9,11-13H,2-4,7-8,17H2,1H3. The molecule has 18 heavy (non-hydrogen) atoms. The second-order valence-electron chi connectivity index (χ2n) is 5.81. The van der Waals surface area contributed by atoms with Gasteiger partial charge < -0.3 is 10.6 Å². The van der Waals surface area contributed by atoms with Crippen molar-refractivity contribution in [1.82, 2.24) is 0 Å². The maximum absolute atomic E-state index is 6.27. The summed E-state index contributed by atoms with van der Waals surface area (Å²) in [7, 11) is 0. The fourth-order valence-electron chi connectivity index (χ4n) is 3.59. The lowest BCUT2D eigenvalue weighted by atomic mass is 9.81. The molecule has 2 nitrogen and oxygen atoms in total. The van der Waals surface area contributed by atoms with Crippen LogP contribution in [0.15, 0.2) is 18.2 Å². The number of piperidine rings is 2. The minimum atomic E-state index is 0.387. The summed E-state index contributed by atoms with van der Waals surface area (Å²) in [6, 6.07) is 8.08. The van der Waals surface area contributed by atoms with E-state index in [9.17, 15) is 0 Å². The molecule has 0 saturated carbocycles. The zero-order valence-electron chi connectivity index (χ0n) is 10.9. The zero-order valence-corrected chi connectivity index (χ0v) is 11.7. The van der Waals surface area contributed by atoms with E-state index in [4.69, 9.17) is 17.3 Å². The Morgan fingerprint density at radius 3 is 2.50 bits per heavy atom. The molecule has 0 amide bonds. The normalized spacial score (nSPS) is 31.5. The number of benzene rings is 1. The van der Waals surface area contributed by atoms with Crippen LogP contribution in [0.4, 0.5) is 5.69 Å². The minimum Gasteiger partial charge on any atom is -0.365 e. The van der Waals surface area contributed by atoms with Gasteiger partial charge >= 0.3 is 0 Å². The lowest BCUT2D eigenvalue weighted by Crippen LogP contribution is -2.55. The van der Waals surface area contributed by atoms with Crippen molar-refractivity contribution in [3.63, 3.8) is 0 Å². The second-order valence-corrected chi connectivity index (χ2v) is 6.22. The SMILES string of the molecule is Cc1ccc(N2C3CCCC2CC(N)C3)cc1Cl. The number of anilines is 1. The Labute approximate surface area is 114 Å². The Morgan fingerprint density at radius 1 is 1.22 bits per heavy atom. The minimum absolute atomic E-state index is 0.387. The number of nitrogens with zero attached hydrogens (tertiary/aromatic N) is 1. The molecule has 3 rings (SSSR count). The van der Waals surface area contributed by atoms with Crippen molar-refractivity contribution >= 4 is 17.3 Å². The molecule has 2 saturated heterocycles. The van der Waals surface area contributed by atoms with Crippen molar-refractivity contribution in [1.29, 1.82) is 0 Å². The van der Waals surface area contributed by atoms with Crippen LogP contribution in [0.25, 0.3) is 0 Å². The Hall–Kier alpha value is -0.730. The summed E-state index contributed by atoms with van der Waals surface area (Å²) in [4.78, 5) is 2.58. The highest BCUT2D eigenvalue weighted by Crippen LogP contribution is 2.38. The summed E-state index contributed by atoms with van der Waals surface area (Å²) in [6.45, 7) is 2.05. The van der Waals surface area contributed by atoms with Gasteiger partial charge in [0.2, 0.25) is 0 Å². The highest BCUT2D eigenvalue weighted by atomic mass is 35.5. The molecule has 2 N–H and O–H groups in total. The predicted octanol–water partition coefficient (Wildman–Crippen LogP) is 3.50. The van der Waals surface area contributed by atoms with E-state index in [0.717, 1.165) is 23.4 Å². The number of rotatable bonds is 1. The quantitative estimate of drug-likeness (QED) is 0.841. The molecule has 0 aliphatic carbocycles. The van der Waals surface area contributed by atoms with E-state index in [1.54, 1.807) is 0 Å². The molecule has 2 aliphatic heterocycles. The molecule has 98 valence electrons. The Bertz CT molecular complexity index is 432. The molecule has 1 aromatic carbocycles. The van der Waals surface area contributed by atoms with Crippen LogP contribution in [0.2, 0.25) is 5.02 Å². The topological polar surface area (TPSA) is 29.3 Å². The molecule has 2 bridgehead atoms. The molecule has 2 heterocycles. The predicted molar refractivity (Wildman–Crippen MR) is 77.3 cm³/mol. The van der Waals surface area contributed by atoms with Crippen LogP contribution < -0.4 is 10.6 Å². The van der Waals surface area contributed by atoms with Crippen molar-refractivity contribution < 1.29 is 0 Å². The smallest absolute Gasteiger partial charge is 0.0455 e. The van der Waals surface area contributed by atoms with Crippen molar-refractivity contribution in [2.75, 3.05) is 4.90 Å². The molecular formula is C15H21ClN2. The summed E-state index contributed by atoms with van der Waals surface area (Å²) < 4.78 is 0. The number of fused-ring (bicyclic) bond motifs is 2. The van der Waals surface area contributed by atoms with Gasteiger partial charge in [0.05, 0.1) is 0 Å². The Balaban J connectivity index is 1.92. The van der Waals surface area contributed by atoms with Gasteiger partial charge in [0.15, 0.2) is 0 Å². The van der Waals surface area contributed by atoms with E-state index in [-0.39, 0.29) is 0 Å². The lowest BCUT2D eigenvalue weighted by molar-refractivity contribution is 0.271. The first kappa shape index (κ1) is 12.3. The number of halogens is 1. The van der Waals surface area contributed by atoms with E-state index in [0.29, 0.717) is 18.1 Å². The van der Waals surface area contributed by atoms with Gasteiger partial charge in [-0.05, 0) is 56.7 Å². The van der Waals surface area contributed by atoms with Gasteiger partial charge in [0, 0.05) is 28.8 Å². The van der Waals surface area contributed by atoms with Crippen molar-refractivity contribution in [3.8, 4) is 0 Å². The van der Waals surface area contributed by atoms with E-state index in [1.165, 1.54) is 24.9 Å². The van der Waals surface area contributed by atoms with Gasteiger partial charge in [-0.3, -0.25) is 0 Å². The number of hydrogen-bond acceptors (Lipinski definition) is 2. The molecular weight excluding hydrogens is 244 g/mol. The number of nitrogens with two attached hydrogens (primary N) is 1. The molecule has 0 spiro atoms. The van der Waals surface area contributed by atoms with E-state index in [1.807, 2.05) is 0 Å². The molecule has 0 aromatic heterocycles. The van der Waals surface area contributed by atoms with Gasteiger partial charge in [-0.2, -0.15) is 0 Å². The van der Waals surface area contributed by atoms with Crippen LogP contribution in [-0.4, -0.2) is 18.1 Å². The maximum atomic E-state index is 6.27. The lowest BCUT2D eigenvalue weighted by Gasteiger charge is -2.49. The first-order chi connectivity index (χ1) is 8.65. The molecule has 1 aromatic rings. The maximum Gasteiger partial charge on any atom is 0.0455 e. The molecule has 2 fully saturated rings. The van der Waals surface area contributed by atoms with Crippen LogP contribution >= 0.6 is 11.6 Å². The van der Waals surface area contributed by atoms with Crippen LogP contribution in [0.3, 0.4) is 0 Å². The summed E-state index contributed by atoms with van der Waals surface area (Å²) in [5, 5.41) is 0.875. The van der Waals surface area contributed by atoms with Crippen molar-refractivity contribution in [2.24, 2.45) is 5.73 Å². The fourth-order valence-corrected chi connectivity index (χ4v) is 3.76. The number of hydrogen-bond donors (Lipinski definition) is 1. The summed E-state index contributed by atoms with van der Waals surface area (Å²) in [6.07, 6.45) is 6.15. The summed E-state index contributed by atoms with van der Waals surface area (Å²) in [5.41, 5.74) is 8.60. The summed E-state index contributed by atoms with van der Waals surface area (Å²) in [5.74, 6) is 0. The zero-order chi connectivity index (χ0) is 12.7. The van der Waals surface area contributed by atoms with Crippen LogP contribution in [0.5, 0.6) is 0 Å². The van der Waals surface area contributed by atoms with Crippen LogP contribution in [0.1, 0.15) is 37.7 Å². The average Bonchev–Trinajstić information content (AvgIpc) is 2.32. The van der Waals surface area contributed by atoms with Gasteiger partial charge in [0.1, 0.15) is 0 Å². The van der Waals surface area contributed by atoms with Crippen molar-refractivity contribution in [2.45, 2.75) is 57.2 Å². The van der Waals surface area contributed by atoms with Gasteiger partial charge in [-0.25, -0.2) is 0 Å². The third-order valence-corrected chi connectivity index (χ3v) is 4.87. The molecule has 2 atom stereocenters. The Kier molecular flexibility index (Phi) is 3.25. The first-order valence-corrected chi connectivity index (χ1v) is 7.33. The molecule has 0 radical (unpaired) electrons. The first-order valence-electron chi connectivity index (χ1n) is 6.95. The average molecular weight is 265 g/mol. The highest BCUT2D eigenvalue weighted by molar-refractivity contribution is 6.31. The highest BCUT2D eigenvalue weighted by Gasteiger charge is 2.37. The van der Waals surface area contributed by atoms with Crippen LogP contribution in [0, 0.1) is 6.92 Å². The largest absolute Gasteiger partial charge is 0.365 e. The van der Waals surface area contributed by atoms with Gasteiger partial charge in [-0.15, -0.1) is 0 Å². The second kappa shape index (κ2) is 4.75. The fraction of sp³-hybridized carbons (Fsp3) is 0.600. The third-order valence-electron chi connectivity index (χ3n) is 4.46. The molecule has 3 heteroatoms. The molecule has 2 aliphatic rings. The van der Waals surface area contributed by atoms with E-state index in [2.05, 4.69) is 30.0 Å². The summed E-state index contributed by atoms with van der Waals surface area (Å²) >= 11 is 6.27. The van der Waals surface area contributed by atoms with E-state index >= 15 is 0 Å². The monoisotopic (exact) mass is 264 g/mol.